The second-order valence-corrected chi connectivity index (χ2v) is 5.55. The lowest BCUT2D eigenvalue weighted by molar-refractivity contribution is -0.0147. The monoisotopic (exact) mass is 238 g/mol. The zero-order chi connectivity index (χ0) is 12.6. The third-order valence-electron chi connectivity index (χ3n) is 3.16. The summed E-state index contributed by atoms with van der Waals surface area (Å²) in [6, 6.07) is 4.32. The molecule has 17 heavy (non-hydrogen) atoms. The number of benzene rings is 1. The van der Waals surface area contributed by atoms with Crippen LogP contribution >= 0.6 is 0 Å². The van der Waals surface area contributed by atoms with Crippen LogP contribution < -0.4 is 4.74 Å². The van der Waals surface area contributed by atoms with Crippen LogP contribution in [-0.2, 0) is 0 Å². The molecule has 0 amide bonds. The maximum Gasteiger partial charge on any atom is 0.128 e. The molecule has 0 saturated heterocycles. The van der Waals surface area contributed by atoms with E-state index in [2.05, 4.69) is 13.8 Å². The van der Waals surface area contributed by atoms with Gasteiger partial charge in [0.1, 0.15) is 17.2 Å². The number of aliphatic hydroxyl groups excluding tert-OH is 1. The van der Waals surface area contributed by atoms with Gasteiger partial charge in [-0.25, -0.2) is 4.39 Å². The molecule has 0 aliphatic carbocycles. The van der Waals surface area contributed by atoms with Crippen LogP contribution in [0.25, 0.3) is 0 Å². The van der Waals surface area contributed by atoms with E-state index < -0.39 is 11.7 Å². The molecule has 1 aromatic carbocycles. The largest absolute Gasteiger partial charge is 0.487 e. The molecule has 1 aliphatic rings. The second kappa shape index (κ2) is 4.30. The summed E-state index contributed by atoms with van der Waals surface area (Å²) < 4.78 is 19.1. The van der Waals surface area contributed by atoms with Crippen molar-refractivity contribution in [3.05, 3.63) is 29.6 Å². The van der Waals surface area contributed by atoms with Crippen molar-refractivity contribution < 1.29 is 14.2 Å². The van der Waals surface area contributed by atoms with Gasteiger partial charge in [-0.05, 0) is 31.4 Å². The van der Waals surface area contributed by atoms with Gasteiger partial charge in [-0.2, -0.15) is 0 Å². The van der Waals surface area contributed by atoms with Crippen molar-refractivity contribution in [1.29, 1.82) is 0 Å². The summed E-state index contributed by atoms with van der Waals surface area (Å²) in [5.74, 6) is 0.624. The fourth-order valence-corrected chi connectivity index (χ4v) is 2.69. The van der Waals surface area contributed by atoms with Crippen LogP contribution in [0.5, 0.6) is 5.75 Å². The normalized spacial score (nSPS) is 27.8. The number of rotatable bonds is 2. The Hall–Kier alpha value is -1.09. The average Bonchev–Trinajstić information content (AvgIpc) is 2.13. The van der Waals surface area contributed by atoms with E-state index in [0.29, 0.717) is 23.7 Å². The summed E-state index contributed by atoms with van der Waals surface area (Å²) in [4.78, 5) is 0. The summed E-state index contributed by atoms with van der Waals surface area (Å²) in [5.41, 5.74) is 0.279. The topological polar surface area (TPSA) is 29.5 Å². The van der Waals surface area contributed by atoms with Gasteiger partial charge in [-0.3, -0.25) is 0 Å². The Morgan fingerprint density at radius 1 is 1.53 bits per heavy atom. The first kappa shape index (κ1) is 12.4. The number of hydrogen-bond donors (Lipinski definition) is 1. The van der Waals surface area contributed by atoms with Crippen molar-refractivity contribution in [2.45, 2.75) is 45.3 Å². The van der Waals surface area contributed by atoms with E-state index in [1.165, 1.54) is 12.1 Å². The van der Waals surface area contributed by atoms with Crippen LogP contribution in [-0.4, -0.2) is 10.7 Å². The predicted molar refractivity (Wildman–Crippen MR) is 64.5 cm³/mol. The van der Waals surface area contributed by atoms with Gasteiger partial charge in [0.25, 0.3) is 0 Å². The maximum atomic E-state index is 13.2. The van der Waals surface area contributed by atoms with Gasteiger partial charge < -0.3 is 9.84 Å². The van der Waals surface area contributed by atoms with Crippen LogP contribution in [0.2, 0.25) is 0 Å². The molecule has 2 rings (SSSR count). The molecule has 94 valence electrons. The first-order valence-electron chi connectivity index (χ1n) is 6.06. The van der Waals surface area contributed by atoms with Gasteiger partial charge in [-0.15, -0.1) is 0 Å². The summed E-state index contributed by atoms with van der Waals surface area (Å²) in [5, 5.41) is 10.1. The fraction of sp³-hybridized carbons (Fsp3) is 0.571. The van der Waals surface area contributed by atoms with Crippen LogP contribution in [0.3, 0.4) is 0 Å². The minimum absolute atomic E-state index is 0.329. The molecule has 0 radical (unpaired) electrons. The fourth-order valence-electron chi connectivity index (χ4n) is 2.69. The van der Waals surface area contributed by atoms with Crippen molar-refractivity contribution in [2.75, 3.05) is 0 Å². The lowest BCUT2D eigenvalue weighted by atomic mass is 9.84. The number of fused-ring (bicyclic) bond motifs is 1. The molecule has 0 saturated carbocycles. The molecule has 1 aromatic rings. The zero-order valence-electron chi connectivity index (χ0n) is 10.5. The summed E-state index contributed by atoms with van der Waals surface area (Å²) in [6.07, 6.45) is 0.840. The van der Waals surface area contributed by atoms with Gasteiger partial charge >= 0.3 is 0 Å². The van der Waals surface area contributed by atoms with Crippen molar-refractivity contribution >= 4 is 0 Å². The lowest BCUT2D eigenvalue weighted by Crippen LogP contribution is -2.39. The molecule has 2 nitrogen and oxygen atoms in total. The Bertz CT molecular complexity index is 417. The van der Waals surface area contributed by atoms with Gasteiger partial charge in [-0.1, -0.05) is 13.8 Å². The maximum absolute atomic E-state index is 13.2. The van der Waals surface area contributed by atoms with Crippen LogP contribution in [0.4, 0.5) is 4.39 Å². The SMILES string of the molecule is CC(C)CC1(C)CC(O)c2ccc(F)cc2O1. The Morgan fingerprint density at radius 2 is 2.24 bits per heavy atom. The highest BCUT2D eigenvalue weighted by atomic mass is 19.1. The van der Waals surface area contributed by atoms with Crippen LogP contribution in [0, 0.1) is 11.7 Å². The Balaban J connectivity index is 2.31. The molecule has 0 fully saturated rings. The third kappa shape index (κ3) is 2.60. The predicted octanol–water partition coefficient (Wildman–Crippen LogP) is 3.45. The van der Waals surface area contributed by atoms with E-state index >= 15 is 0 Å². The molecule has 1 heterocycles. The standard InChI is InChI=1S/C14H19FO2/c1-9(2)7-14(3)8-12(16)11-5-4-10(15)6-13(11)17-14/h4-6,9,12,16H,7-8H2,1-3H3. The van der Waals surface area contributed by atoms with Gasteiger partial charge in [0.05, 0.1) is 6.10 Å². The van der Waals surface area contributed by atoms with Crippen molar-refractivity contribution in [1.82, 2.24) is 0 Å². The van der Waals surface area contributed by atoms with Gasteiger partial charge in [0.2, 0.25) is 0 Å². The van der Waals surface area contributed by atoms with Gasteiger partial charge in [0.15, 0.2) is 0 Å². The van der Waals surface area contributed by atoms with Gasteiger partial charge in [0, 0.05) is 18.1 Å². The Morgan fingerprint density at radius 3 is 2.88 bits per heavy atom. The Kier molecular flexibility index (Phi) is 3.13. The highest BCUT2D eigenvalue weighted by Gasteiger charge is 2.37. The number of aliphatic hydroxyl groups is 1. The smallest absolute Gasteiger partial charge is 0.128 e. The van der Waals surface area contributed by atoms with E-state index in [1.54, 1.807) is 6.07 Å². The molecule has 0 aromatic heterocycles. The second-order valence-electron chi connectivity index (χ2n) is 5.55. The zero-order valence-corrected chi connectivity index (χ0v) is 10.5. The molecular formula is C14H19FO2. The van der Waals surface area contributed by atoms with E-state index in [-0.39, 0.29) is 5.82 Å². The minimum atomic E-state index is -0.567. The quantitative estimate of drug-likeness (QED) is 0.855. The number of ether oxygens (including phenoxy) is 1. The van der Waals surface area contributed by atoms with E-state index in [1.807, 2.05) is 6.92 Å². The van der Waals surface area contributed by atoms with E-state index in [0.717, 1.165) is 6.42 Å². The summed E-state index contributed by atoms with van der Waals surface area (Å²) in [7, 11) is 0. The molecule has 3 heteroatoms. The molecule has 0 bridgehead atoms. The molecular weight excluding hydrogens is 219 g/mol. The van der Waals surface area contributed by atoms with E-state index in [4.69, 9.17) is 4.74 Å². The van der Waals surface area contributed by atoms with Crippen molar-refractivity contribution in [3.63, 3.8) is 0 Å². The highest BCUT2D eigenvalue weighted by Crippen LogP contribution is 2.42. The number of halogens is 1. The third-order valence-corrected chi connectivity index (χ3v) is 3.16. The molecule has 1 N–H and O–H groups in total. The van der Waals surface area contributed by atoms with Crippen molar-refractivity contribution in [3.8, 4) is 5.75 Å². The number of hydrogen-bond acceptors (Lipinski definition) is 2. The van der Waals surface area contributed by atoms with Crippen LogP contribution in [0.15, 0.2) is 18.2 Å². The molecule has 0 spiro atoms. The Labute approximate surface area is 101 Å². The van der Waals surface area contributed by atoms with Crippen LogP contribution in [0.1, 0.15) is 45.3 Å². The molecule has 2 atom stereocenters. The first-order chi connectivity index (χ1) is 7.89. The molecule has 2 unspecified atom stereocenters. The minimum Gasteiger partial charge on any atom is -0.487 e. The van der Waals surface area contributed by atoms with E-state index in [9.17, 15) is 9.50 Å². The lowest BCUT2D eigenvalue weighted by Gasteiger charge is -2.39. The summed E-state index contributed by atoms with van der Waals surface area (Å²) >= 11 is 0. The first-order valence-corrected chi connectivity index (χ1v) is 6.06. The highest BCUT2D eigenvalue weighted by molar-refractivity contribution is 5.38. The average molecular weight is 238 g/mol. The van der Waals surface area contributed by atoms with Crippen molar-refractivity contribution in [2.24, 2.45) is 5.92 Å². The molecule has 1 aliphatic heterocycles. The summed E-state index contributed by atoms with van der Waals surface area (Å²) in [6.45, 7) is 6.20.